The van der Waals surface area contributed by atoms with Gasteiger partial charge in [-0.3, -0.25) is 9.59 Å². The highest BCUT2D eigenvalue weighted by Gasteiger charge is 2.33. The molecule has 1 aliphatic heterocycles. The summed E-state index contributed by atoms with van der Waals surface area (Å²) in [5.74, 6) is 0.703. The van der Waals surface area contributed by atoms with Gasteiger partial charge in [-0.1, -0.05) is 18.2 Å². The number of carbonyl (C=O) groups is 2. The number of fused-ring (bicyclic) bond motifs is 1. The maximum Gasteiger partial charge on any atom is 0.268 e. The minimum atomic E-state index is -0.837. The van der Waals surface area contributed by atoms with E-state index in [0.29, 0.717) is 22.9 Å². The van der Waals surface area contributed by atoms with Crippen LogP contribution >= 0.6 is 0 Å². The van der Waals surface area contributed by atoms with Crippen LogP contribution < -0.4 is 19.7 Å². The van der Waals surface area contributed by atoms with Gasteiger partial charge in [0.25, 0.3) is 5.91 Å². The van der Waals surface area contributed by atoms with Gasteiger partial charge >= 0.3 is 0 Å². The molecule has 0 fully saturated rings. The molecule has 6 nitrogen and oxygen atoms in total. The number of ether oxygens (including phenoxy) is 2. The number of nitrogens with one attached hydrogen (secondary N) is 1. The minimum Gasteiger partial charge on any atom is -0.497 e. The molecule has 6 heteroatoms. The number of rotatable bonds is 4. The molecule has 1 aliphatic rings. The molecule has 0 bridgehead atoms. The summed E-state index contributed by atoms with van der Waals surface area (Å²) < 4.78 is 10.8. The van der Waals surface area contributed by atoms with Gasteiger partial charge in [-0.25, -0.2) is 0 Å². The zero-order chi connectivity index (χ0) is 17.1. The maximum absolute atomic E-state index is 12.4. The van der Waals surface area contributed by atoms with Crippen molar-refractivity contribution in [3.63, 3.8) is 0 Å². The van der Waals surface area contributed by atoms with Gasteiger partial charge in [-0.2, -0.15) is 0 Å². The molecule has 124 valence electrons. The largest absolute Gasteiger partial charge is 0.497 e. The van der Waals surface area contributed by atoms with Crippen LogP contribution in [0.2, 0.25) is 0 Å². The van der Waals surface area contributed by atoms with Gasteiger partial charge in [0.1, 0.15) is 11.5 Å². The third-order valence-electron chi connectivity index (χ3n) is 3.83. The zero-order valence-corrected chi connectivity index (χ0v) is 13.5. The van der Waals surface area contributed by atoms with E-state index in [1.807, 2.05) is 12.1 Å². The van der Waals surface area contributed by atoms with Gasteiger partial charge in [-0.15, -0.1) is 0 Å². The Morgan fingerprint density at radius 2 is 2.04 bits per heavy atom. The van der Waals surface area contributed by atoms with Gasteiger partial charge in [0, 0.05) is 18.8 Å². The fourth-order valence-electron chi connectivity index (χ4n) is 2.58. The van der Waals surface area contributed by atoms with E-state index in [9.17, 15) is 9.59 Å². The van der Waals surface area contributed by atoms with Crippen LogP contribution in [-0.2, 0) is 9.59 Å². The van der Waals surface area contributed by atoms with Crippen molar-refractivity contribution in [3.05, 3.63) is 48.5 Å². The van der Waals surface area contributed by atoms with Crippen molar-refractivity contribution in [1.29, 1.82) is 0 Å². The average molecular weight is 326 g/mol. The summed E-state index contributed by atoms with van der Waals surface area (Å²) in [7, 11) is 3.24. The second-order valence-electron chi connectivity index (χ2n) is 5.46. The van der Waals surface area contributed by atoms with Crippen LogP contribution in [-0.4, -0.2) is 32.1 Å². The van der Waals surface area contributed by atoms with Crippen molar-refractivity contribution in [2.24, 2.45) is 0 Å². The summed E-state index contributed by atoms with van der Waals surface area (Å²) in [5.41, 5.74) is 1.31. The predicted octanol–water partition coefficient (Wildman–Crippen LogP) is 2.45. The Morgan fingerprint density at radius 3 is 2.83 bits per heavy atom. The molecule has 1 atom stereocenters. The molecule has 0 radical (unpaired) electrons. The molecule has 3 rings (SSSR count). The van der Waals surface area contributed by atoms with E-state index in [-0.39, 0.29) is 18.2 Å². The van der Waals surface area contributed by atoms with Crippen LogP contribution in [0.3, 0.4) is 0 Å². The number of hydrogen-bond donors (Lipinski definition) is 1. The van der Waals surface area contributed by atoms with Gasteiger partial charge in [0.05, 0.1) is 19.2 Å². The Bertz CT molecular complexity index is 775. The van der Waals surface area contributed by atoms with E-state index < -0.39 is 6.10 Å². The second-order valence-corrected chi connectivity index (χ2v) is 5.46. The highest BCUT2D eigenvalue weighted by molar-refractivity contribution is 6.03. The first-order chi connectivity index (χ1) is 11.6. The summed E-state index contributed by atoms with van der Waals surface area (Å²) in [4.78, 5) is 26.1. The average Bonchev–Trinajstić information content (AvgIpc) is 2.59. The third kappa shape index (κ3) is 3.17. The molecule has 1 heterocycles. The summed E-state index contributed by atoms with van der Waals surface area (Å²) >= 11 is 0. The first-order valence-corrected chi connectivity index (χ1v) is 7.55. The van der Waals surface area contributed by atoms with Gasteiger partial charge in [-0.05, 0) is 24.3 Å². The number of hydrogen-bond acceptors (Lipinski definition) is 4. The van der Waals surface area contributed by atoms with Crippen molar-refractivity contribution in [2.75, 3.05) is 24.4 Å². The molecule has 1 N–H and O–H groups in total. The number of amides is 2. The van der Waals surface area contributed by atoms with Crippen LogP contribution in [0.15, 0.2) is 48.5 Å². The van der Waals surface area contributed by atoms with Crippen LogP contribution in [0.25, 0.3) is 0 Å². The Kier molecular flexibility index (Phi) is 4.37. The Hall–Kier alpha value is -3.02. The minimum absolute atomic E-state index is 0.0608. The number of para-hydroxylation sites is 2. The number of methoxy groups -OCH3 is 1. The molecule has 2 aromatic carbocycles. The van der Waals surface area contributed by atoms with E-state index in [1.165, 1.54) is 4.90 Å². The summed E-state index contributed by atoms with van der Waals surface area (Å²) in [6.45, 7) is 0. The van der Waals surface area contributed by atoms with Gasteiger partial charge < -0.3 is 19.7 Å². The lowest BCUT2D eigenvalue weighted by Crippen LogP contribution is -2.45. The number of carbonyl (C=O) groups excluding carboxylic acids is 2. The van der Waals surface area contributed by atoms with Crippen molar-refractivity contribution in [1.82, 2.24) is 0 Å². The molecule has 0 aromatic heterocycles. The zero-order valence-electron chi connectivity index (χ0n) is 13.5. The molecular formula is C18H18N2O4. The van der Waals surface area contributed by atoms with E-state index in [1.54, 1.807) is 50.6 Å². The summed E-state index contributed by atoms with van der Waals surface area (Å²) in [6, 6.07) is 14.3. The fourth-order valence-corrected chi connectivity index (χ4v) is 2.58. The normalized spacial score (nSPS) is 16.2. The molecule has 0 saturated carbocycles. The van der Waals surface area contributed by atoms with Crippen LogP contribution in [0, 0.1) is 0 Å². The highest BCUT2D eigenvalue weighted by atomic mass is 16.5. The smallest absolute Gasteiger partial charge is 0.268 e. The molecule has 0 spiro atoms. The first-order valence-electron chi connectivity index (χ1n) is 7.55. The van der Waals surface area contributed by atoms with Crippen molar-refractivity contribution < 1.29 is 19.1 Å². The van der Waals surface area contributed by atoms with Gasteiger partial charge in [0.15, 0.2) is 6.10 Å². The Balaban J connectivity index is 1.69. The number of likely N-dealkylation sites (N-methyl/N-ethyl adjacent to an activating group) is 1. The van der Waals surface area contributed by atoms with Crippen LogP contribution in [0.4, 0.5) is 11.4 Å². The first kappa shape index (κ1) is 15.9. The lowest BCUT2D eigenvalue weighted by atomic mass is 10.1. The lowest BCUT2D eigenvalue weighted by molar-refractivity contribution is -0.130. The molecular weight excluding hydrogens is 308 g/mol. The molecule has 1 unspecified atom stereocenters. The monoisotopic (exact) mass is 326 g/mol. The molecule has 0 aliphatic carbocycles. The van der Waals surface area contributed by atoms with Crippen molar-refractivity contribution in [2.45, 2.75) is 12.5 Å². The molecule has 24 heavy (non-hydrogen) atoms. The highest BCUT2D eigenvalue weighted by Crippen LogP contribution is 2.33. The van der Waals surface area contributed by atoms with E-state index in [2.05, 4.69) is 5.32 Å². The van der Waals surface area contributed by atoms with Crippen molar-refractivity contribution >= 4 is 23.2 Å². The third-order valence-corrected chi connectivity index (χ3v) is 3.83. The quantitative estimate of drug-likeness (QED) is 0.937. The standard InChI is InChI=1S/C18H18N2O4/c1-20-14-8-3-4-9-15(14)24-16(18(20)22)11-17(21)19-12-6-5-7-13(10-12)23-2/h3-10,16H,11H2,1-2H3,(H,19,21). The second kappa shape index (κ2) is 6.62. The lowest BCUT2D eigenvalue weighted by Gasteiger charge is -2.31. The predicted molar refractivity (Wildman–Crippen MR) is 90.5 cm³/mol. The molecule has 0 saturated heterocycles. The fraction of sp³-hybridized carbons (Fsp3) is 0.222. The SMILES string of the molecule is COc1cccc(NC(=O)CC2Oc3ccccc3N(C)C2=O)c1. The van der Waals surface area contributed by atoms with E-state index in [0.717, 1.165) is 0 Å². The van der Waals surface area contributed by atoms with Crippen LogP contribution in [0.1, 0.15) is 6.42 Å². The number of benzene rings is 2. The van der Waals surface area contributed by atoms with Crippen LogP contribution in [0.5, 0.6) is 11.5 Å². The summed E-state index contributed by atoms with van der Waals surface area (Å²) in [5, 5.41) is 2.75. The van der Waals surface area contributed by atoms with E-state index in [4.69, 9.17) is 9.47 Å². The van der Waals surface area contributed by atoms with Crippen molar-refractivity contribution in [3.8, 4) is 11.5 Å². The van der Waals surface area contributed by atoms with E-state index >= 15 is 0 Å². The number of nitrogens with zero attached hydrogens (tertiary/aromatic N) is 1. The Morgan fingerprint density at radius 1 is 1.25 bits per heavy atom. The van der Waals surface area contributed by atoms with Gasteiger partial charge in [0.2, 0.25) is 5.91 Å². The Labute approximate surface area is 140 Å². The topological polar surface area (TPSA) is 67.9 Å². The maximum atomic E-state index is 12.4. The summed E-state index contributed by atoms with van der Waals surface area (Å²) in [6.07, 6.45) is -0.898. The molecule has 2 aromatic rings. The molecule has 2 amide bonds. The number of anilines is 2.